The number of amides is 1. The third-order valence-corrected chi connectivity index (χ3v) is 6.40. The van der Waals surface area contributed by atoms with E-state index in [1.165, 1.54) is 18.2 Å². The minimum Gasteiger partial charge on any atom is -0.362 e. The zero-order valence-electron chi connectivity index (χ0n) is 18.0. The van der Waals surface area contributed by atoms with Crippen molar-refractivity contribution in [3.8, 4) is 0 Å². The Morgan fingerprint density at radius 3 is 2.59 bits per heavy atom. The molecule has 2 N–H and O–H groups in total. The quantitative estimate of drug-likeness (QED) is 0.544. The molecular weight excluding hydrogens is 450 g/mol. The summed E-state index contributed by atoms with van der Waals surface area (Å²) in [5, 5.41) is 6.89. The lowest BCUT2D eigenvalue weighted by molar-refractivity contribution is -0.118. The van der Waals surface area contributed by atoms with Crippen LogP contribution in [0.4, 0.5) is 10.1 Å². The van der Waals surface area contributed by atoms with E-state index in [1.54, 1.807) is 31.2 Å². The SMILES string of the molecule is CC1=C(C(=O)Nc2cccc(F)c2)[C@H](c2ccc(Cl)cc2Cl)C2=C(CC(C)(C)CC2=O)N1. The van der Waals surface area contributed by atoms with Crippen LogP contribution < -0.4 is 10.6 Å². The lowest BCUT2D eigenvalue weighted by Crippen LogP contribution is -2.39. The van der Waals surface area contributed by atoms with Crippen molar-refractivity contribution >= 4 is 40.6 Å². The minimum atomic E-state index is -0.659. The van der Waals surface area contributed by atoms with Crippen LogP contribution >= 0.6 is 23.2 Å². The molecule has 1 aliphatic carbocycles. The van der Waals surface area contributed by atoms with Crippen LogP contribution in [0.5, 0.6) is 0 Å². The molecule has 0 saturated carbocycles. The Balaban J connectivity index is 1.84. The normalized spacial score (nSPS) is 20.1. The number of dihydropyridines is 1. The Labute approximate surface area is 196 Å². The summed E-state index contributed by atoms with van der Waals surface area (Å²) in [6.45, 7) is 5.89. The summed E-state index contributed by atoms with van der Waals surface area (Å²) >= 11 is 12.7. The molecule has 0 saturated heterocycles. The maximum atomic E-state index is 13.7. The Hall–Kier alpha value is -2.63. The number of carbonyl (C=O) groups is 2. The van der Waals surface area contributed by atoms with Crippen LogP contribution in [-0.4, -0.2) is 11.7 Å². The van der Waals surface area contributed by atoms with E-state index in [4.69, 9.17) is 23.2 Å². The van der Waals surface area contributed by atoms with E-state index < -0.39 is 17.6 Å². The zero-order valence-corrected chi connectivity index (χ0v) is 19.5. The van der Waals surface area contributed by atoms with Gasteiger partial charge in [-0.1, -0.05) is 49.2 Å². The van der Waals surface area contributed by atoms with E-state index in [2.05, 4.69) is 10.6 Å². The Kier molecular flexibility index (Phi) is 5.91. The third-order valence-electron chi connectivity index (χ3n) is 5.84. The van der Waals surface area contributed by atoms with Gasteiger partial charge in [0.1, 0.15) is 5.82 Å². The molecule has 0 unspecified atom stereocenters. The molecule has 1 atom stereocenters. The molecule has 32 heavy (non-hydrogen) atoms. The van der Waals surface area contributed by atoms with Gasteiger partial charge in [0.15, 0.2) is 5.78 Å². The van der Waals surface area contributed by atoms with E-state index in [0.29, 0.717) is 51.0 Å². The van der Waals surface area contributed by atoms with E-state index in [0.717, 1.165) is 5.70 Å². The molecule has 7 heteroatoms. The molecule has 1 heterocycles. The van der Waals surface area contributed by atoms with Crippen molar-refractivity contribution < 1.29 is 14.0 Å². The third kappa shape index (κ3) is 4.32. The Bertz CT molecular complexity index is 1200. The second-order valence-electron chi connectivity index (χ2n) is 9.06. The number of carbonyl (C=O) groups excluding carboxylic acids is 2. The summed E-state index contributed by atoms with van der Waals surface area (Å²) < 4.78 is 13.7. The van der Waals surface area contributed by atoms with Crippen LogP contribution in [0.2, 0.25) is 10.0 Å². The zero-order chi connectivity index (χ0) is 23.2. The van der Waals surface area contributed by atoms with Crippen LogP contribution in [0.15, 0.2) is 65.0 Å². The molecule has 166 valence electrons. The number of hydrogen-bond acceptors (Lipinski definition) is 3. The predicted molar refractivity (Wildman–Crippen MR) is 125 cm³/mol. The van der Waals surface area contributed by atoms with Gasteiger partial charge in [-0.15, -0.1) is 0 Å². The number of anilines is 1. The van der Waals surface area contributed by atoms with Crippen molar-refractivity contribution in [3.05, 3.63) is 86.4 Å². The molecule has 0 spiro atoms. The van der Waals surface area contributed by atoms with Gasteiger partial charge in [0.05, 0.1) is 0 Å². The highest BCUT2D eigenvalue weighted by Gasteiger charge is 2.43. The molecule has 0 fully saturated rings. The van der Waals surface area contributed by atoms with Crippen molar-refractivity contribution in [2.45, 2.75) is 39.5 Å². The Morgan fingerprint density at radius 2 is 1.91 bits per heavy atom. The Morgan fingerprint density at radius 1 is 1.16 bits per heavy atom. The molecule has 1 amide bonds. The molecule has 2 aromatic rings. The predicted octanol–water partition coefficient (Wildman–Crippen LogP) is 6.38. The molecule has 4 rings (SSSR count). The van der Waals surface area contributed by atoms with Crippen molar-refractivity contribution in [3.63, 3.8) is 0 Å². The smallest absolute Gasteiger partial charge is 0.254 e. The number of allylic oxidation sites excluding steroid dienone is 3. The van der Waals surface area contributed by atoms with Crippen molar-refractivity contribution in [1.29, 1.82) is 0 Å². The van der Waals surface area contributed by atoms with E-state index in [9.17, 15) is 14.0 Å². The van der Waals surface area contributed by atoms with Crippen molar-refractivity contribution in [2.24, 2.45) is 5.41 Å². The standard InChI is InChI=1S/C25H23Cl2FN2O2/c1-13-21(24(32)30-16-6-4-5-15(28)10-16)22(17-8-7-14(26)9-18(17)27)23-19(29-13)11-25(2,3)12-20(23)31/h4-10,22,29H,11-12H2,1-3H3,(H,30,32)/t22-/m0/s1. The highest BCUT2D eigenvalue weighted by atomic mass is 35.5. The fourth-order valence-corrected chi connectivity index (χ4v) is 5.07. The lowest BCUT2D eigenvalue weighted by atomic mass is 9.68. The fourth-order valence-electron chi connectivity index (χ4n) is 4.55. The van der Waals surface area contributed by atoms with Gasteiger partial charge >= 0.3 is 0 Å². The maximum Gasteiger partial charge on any atom is 0.254 e. The lowest BCUT2D eigenvalue weighted by Gasteiger charge is -2.39. The van der Waals surface area contributed by atoms with Gasteiger partial charge in [-0.05, 0) is 54.7 Å². The van der Waals surface area contributed by atoms with Crippen molar-refractivity contribution in [1.82, 2.24) is 5.32 Å². The summed E-state index contributed by atoms with van der Waals surface area (Å²) in [5.41, 5.74) is 3.10. The van der Waals surface area contributed by atoms with Crippen LogP contribution in [0.1, 0.15) is 45.1 Å². The van der Waals surface area contributed by atoms with Gasteiger partial charge in [-0.3, -0.25) is 9.59 Å². The second kappa shape index (κ2) is 8.38. The van der Waals surface area contributed by atoms with Gasteiger partial charge in [0.25, 0.3) is 5.91 Å². The first-order valence-electron chi connectivity index (χ1n) is 10.3. The van der Waals surface area contributed by atoms with Crippen LogP contribution in [0.3, 0.4) is 0 Å². The highest BCUT2D eigenvalue weighted by molar-refractivity contribution is 6.35. The molecule has 2 aliphatic rings. The van der Waals surface area contributed by atoms with Crippen LogP contribution in [-0.2, 0) is 9.59 Å². The van der Waals surface area contributed by atoms with Crippen LogP contribution in [0, 0.1) is 11.2 Å². The number of rotatable bonds is 3. The first-order chi connectivity index (χ1) is 15.1. The highest BCUT2D eigenvalue weighted by Crippen LogP contribution is 2.48. The number of ketones is 1. The van der Waals surface area contributed by atoms with Gasteiger partial charge < -0.3 is 10.6 Å². The number of nitrogens with one attached hydrogen (secondary N) is 2. The first-order valence-corrected chi connectivity index (χ1v) is 11.1. The summed E-state index contributed by atoms with van der Waals surface area (Å²) in [6, 6.07) is 10.7. The maximum absolute atomic E-state index is 13.7. The topological polar surface area (TPSA) is 58.2 Å². The molecule has 0 bridgehead atoms. The largest absolute Gasteiger partial charge is 0.362 e. The monoisotopic (exact) mass is 472 g/mol. The number of hydrogen-bond donors (Lipinski definition) is 2. The molecule has 0 radical (unpaired) electrons. The van der Waals surface area contributed by atoms with Gasteiger partial charge in [-0.2, -0.15) is 0 Å². The van der Waals surface area contributed by atoms with Gasteiger partial charge in [0, 0.05) is 50.6 Å². The van der Waals surface area contributed by atoms with E-state index in [-0.39, 0.29) is 11.2 Å². The average molecular weight is 473 g/mol. The number of Topliss-reactive ketones (excluding diaryl/α,β-unsaturated/α-hetero) is 1. The molecule has 0 aromatic heterocycles. The average Bonchev–Trinajstić information content (AvgIpc) is 2.66. The number of halogens is 3. The summed E-state index contributed by atoms with van der Waals surface area (Å²) in [5.74, 6) is -1.57. The second-order valence-corrected chi connectivity index (χ2v) is 9.90. The number of benzene rings is 2. The fraction of sp³-hybridized carbons (Fsp3) is 0.280. The molecule has 2 aromatic carbocycles. The summed E-state index contributed by atoms with van der Waals surface area (Å²) in [7, 11) is 0. The first kappa shape index (κ1) is 22.6. The van der Waals surface area contributed by atoms with Gasteiger partial charge in [0.2, 0.25) is 0 Å². The summed E-state index contributed by atoms with van der Waals surface area (Å²) in [6.07, 6.45) is 1.04. The van der Waals surface area contributed by atoms with Crippen molar-refractivity contribution in [2.75, 3.05) is 5.32 Å². The van der Waals surface area contributed by atoms with Gasteiger partial charge in [-0.25, -0.2) is 4.39 Å². The van der Waals surface area contributed by atoms with E-state index >= 15 is 0 Å². The van der Waals surface area contributed by atoms with Crippen LogP contribution in [0.25, 0.3) is 0 Å². The minimum absolute atomic E-state index is 0.0247. The summed E-state index contributed by atoms with van der Waals surface area (Å²) in [4.78, 5) is 26.7. The molecule has 4 nitrogen and oxygen atoms in total. The van der Waals surface area contributed by atoms with E-state index in [1.807, 2.05) is 13.8 Å². The molecule has 1 aliphatic heterocycles. The molecular formula is C25H23Cl2FN2O2.